The minimum atomic E-state index is -0.568. The molecule has 4 rings (SSSR count). The van der Waals surface area contributed by atoms with E-state index in [1.807, 2.05) is 0 Å². The average Bonchev–Trinajstić information content (AvgIpc) is 3.40. The lowest BCUT2D eigenvalue weighted by Gasteiger charge is -2.17. The van der Waals surface area contributed by atoms with Gasteiger partial charge in [-0.3, -0.25) is 5.32 Å². The number of aromatic nitrogens is 4. The summed E-state index contributed by atoms with van der Waals surface area (Å²) in [4.78, 5) is 12.2. The number of amides is 1. The maximum Gasteiger partial charge on any atom is 0.412 e. The Kier molecular flexibility index (Phi) is 5.22. The lowest BCUT2D eigenvalue weighted by molar-refractivity contribution is 0.00765. The molecule has 2 aromatic rings. The third-order valence-electron chi connectivity index (χ3n) is 4.78. The Hall–Kier alpha value is -2.98. The number of nitrogens with zero attached hydrogens (tertiary/aromatic N) is 4. The number of tetrazole rings is 1. The van der Waals surface area contributed by atoms with Crippen LogP contribution < -0.4 is 10.1 Å². The van der Waals surface area contributed by atoms with E-state index in [0.29, 0.717) is 30.3 Å². The summed E-state index contributed by atoms with van der Waals surface area (Å²) in [5.74, 6) is 1.39. The number of anilines is 1. The molecule has 1 N–H and O–H groups in total. The van der Waals surface area contributed by atoms with Crippen molar-refractivity contribution in [1.82, 2.24) is 20.2 Å². The molecule has 0 unspecified atom stereocenters. The largest absolute Gasteiger partial charge is 0.497 e. The van der Waals surface area contributed by atoms with E-state index in [4.69, 9.17) is 18.9 Å². The average molecular weight is 387 g/mol. The molecule has 2 saturated heterocycles. The zero-order valence-electron chi connectivity index (χ0n) is 15.4. The number of allylic oxidation sites excluding steroid dienone is 1. The molecule has 148 valence electrons. The van der Waals surface area contributed by atoms with Crippen molar-refractivity contribution in [3.63, 3.8) is 0 Å². The number of ether oxygens (including phenoxy) is 4. The van der Waals surface area contributed by atoms with Gasteiger partial charge in [-0.25, -0.2) is 9.48 Å². The number of hydrogen-bond acceptors (Lipinski definition) is 8. The molecule has 3 heterocycles. The van der Waals surface area contributed by atoms with Gasteiger partial charge in [0.2, 0.25) is 0 Å². The first-order valence-corrected chi connectivity index (χ1v) is 8.92. The number of carbonyl (C=O) groups is 1. The highest BCUT2D eigenvalue weighted by atomic mass is 16.6. The van der Waals surface area contributed by atoms with Crippen molar-refractivity contribution >= 4 is 11.8 Å². The fourth-order valence-electron chi connectivity index (χ4n) is 3.45. The molecule has 2 aliphatic rings. The third kappa shape index (κ3) is 3.56. The van der Waals surface area contributed by atoms with Gasteiger partial charge in [0.05, 0.1) is 20.3 Å². The van der Waals surface area contributed by atoms with Crippen LogP contribution in [0.4, 0.5) is 10.5 Å². The second-order valence-corrected chi connectivity index (χ2v) is 6.49. The van der Waals surface area contributed by atoms with E-state index in [-0.39, 0.29) is 24.9 Å². The van der Waals surface area contributed by atoms with Crippen molar-refractivity contribution in [1.29, 1.82) is 0 Å². The first kappa shape index (κ1) is 18.4. The fourth-order valence-corrected chi connectivity index (χ4v) is 3.45. The van der Waals surface area contributed by atoms with Crippen molar-refractivity contribution in [3.8, 4) is 5.75 Å². The number of methoxy groups -OCH3 is 1. The van der Waals surface area contributed by atoms with Crippen LogP contribution in [0.25, 0.3) is 0 Å². The maximum atomic E-state index is 12.2. The summed E-state index contributed by atoms with van der Waals surface area (Å²) < 4.78 is 24.0. The van der Waals surface area contributed by atoms with Crippen molar-refractivity contribution in [2.45, 2.75) is 30.8 Å². The van der Waals surface area contributed by atoms with Gasteiger partial charge in [0.1, 0.15) is 24.0 Å². The third-order valence-corrected chi connectivity index (χ3v) is 4.78. The molecule has 4 atom stereocenters. The van der Waals surface area contributed by atoms with Gasteiger partial charge in [-0.05, 0) is 34.7 Å². The van der Waals surface area contributed by atoms with Gasteiger partial charge in [0.25, 0.3) is 0 Å². The van der Waals surface area contributed by atoms with Crippen molar-refractivity contribution in [2.24, 2.45) is 0 Å². The van der Waals surface area contributed by atoms with Crippen LogP contribution in [0, 0.1) is 0 Å². The van der Waals surface area contributed by atoms with Gasteiger partial charge in [0, 0.05) is 12.1 Å². The molecule has 10 heteroatoms. The molecule has 1 amide bonds. The van der Waals surface area contributed by atoms with E-state index in [9.17, 15) is 4.79 Å². The van der Waals surface area contributed by atoms with Gasteiger partial charge < -0.3 is 18.9 Å². The molecule has 0 spiro atoms. The second-order valence-electron chi connectivity index (χ2n) is 6.49. The normalized spacial score (nSPS) is 25.9. The Bertz CT molecular complexity index is 839. The highest BCUT2D eigenvalue weighted by Gasteiger charge is 2.51. The predicted octanol–water partition coefficient (Wildman–Crippen LogP) is 1.37. The lowest BCUT2D eigenvalue weighted by Crippen LogP contribution is -2.35. The smallest absolute Gasteiger partial charge is 0.412 e. The van der Waals surface area contributed by atoms with Gasteiger partial charge >= 0.3 is 6.09 Å². The van der Waals surface area contributed by atoms with Gasteiger partial charge in [-0.2, -0.15) is 0 Å². The highest BCUT2D eigenvalue weighted by molar-refractivity contribution is 5.84. The van der Waals surface area contributed by atoms with E-state index in [2.05, 4.69) is 27.4 Å². The Balaban J connectivity index is 1.37. The van der Waals surface area contributed by atoms with Gasteiger partial charge in [0.15, 0.2) is 11.9 Å². The van der Waals surface area contributed by atoms with Crippen LogP contribution in [0.1, 0.15) is 11.9 Å². The van der Waals surface area contributed by atoms with Crippen LogP contribution in [-0.4, -0.2) is 64.9 Å². The number of benzene rings is 1. The monoisotopic (exact) mass is 387 g/mol. The molecule has 2 fully saturated rings. The van der Waals surface area contributed by atoms with Gasteiger partial charge in [-0.1, -0.05) is 6.08 Å². The number of carbonyl (C=O) groups excluding carboxylic acids is 1. The van der Waals surface area contributed by atoms with Crippen LogP contribution in [0.15, 0.2) is 36.9 Å². The molecule has 10 nitrogen and oxygen atoms in total. The molecular weight excluding hydrogens is 366 g/mol. The molecule has 0 saturated carbocycles. The molecule has 0 radical (unpaired) electrons. The summed E-state index contributed by atoms with van der Waals surface area (Å²) in [5, 5.41) is 14.5. The van der Waals surface area contributed by atoms with Crippen molar-refractivity contribution in [3.05, 3.63) is 42.7 Å². The topological polar surface area (TPSA) is 110 Å². The van der Waals surface area contributed by atoms with E-state index in [1.165, 1.54) is 0 Å². The summed E-state index contributed by atoms with van der Waals surface area (Å²) in [6.45, 7) is 4.35. The molecule has 2 aliphatic heterocycles. The number of fused-ring (bicyclic) bond motifs is 1. The summed E-state index contributed by atoms with van der Waals surface area (Å²) >= 11 is 0. The van der Waals surface area contributed by atoms with Gasteiger partial charge in [-0.15, -0.1) is 11.7 Å². The van der Waals surface area contributed by atoms with E-state index >= 15 is 0 Å². The first-order chi connectivity index (χ1) is 13.7. The first-order valence-electron chi connectivity index (χ1n) is 8.92. The summed E-state index contributed by atoms with van der Waals surface area (Å²) in [5.41, 5.74) is 0.606. The summed E-state index contributed by atoms with van der Waals surface area (Å²) in [7, 11) is 1.58. The minimum Gasteiger partial charge on any atom is -0.497 e. The zero-order valence-corrected chi connectivity index (χ0v) is 15.4. The predicted molar refractivity (Wildman–Crippen MR) is 97.1 cm³/mol. The number of nitrogens with one attached hydrogen (secondary N) is 1. The summed E-state index contributed by atoms with van der Waals surface area (Å²) in [6.07, 6.45) is 0.554. The molecule has 1 aromatic heterocycles. The molecule has 0 bridgehead atoms. The van der Waals surface area contributed by atoms with E-state index in [0.717, 1.165) is 0 Å². The van der Waals surface area contributed by atoms with E-state index < -0.39 is 12.2 Å². The summed E-state index contributed by atoms with van der Waals surface area (Å²) in [6, 6.07) is 6.79. The Morgan fingerprint density at radius 2 is 2.11 bits per heavy atom. The Morgan fingerprint density at radius 3 is 2.86 bits per heavy atom. The Labute approximate surface area is 161 Å². The van der Waals surface area contributed by atoms with Crippen molar-refractivity contribution in [2.75, 3.05) is 25.6 Å². The highest BCUT2D eigenvalue weighted by Crippen LogP contribution is 2.35. The lowest BCUT2D eigenvalue weighted by atomic mass is 10.1. The van der Waals surface area contributed by atoms with Crippen LogP contribution in [0.5, 0.6) is 5.75 Å². The van der Waals surface area contributed by atoms with Crippen LogP contribution in [0.2, 0.25) is 0 Å². The van der Waals surface area contributed by atoms with E-state index in [1.54, 1.807) is 42.1 Å². The molecule has 0 aliphatic carbocycles. The molecule has 28 heavy (non-hydrogen) atoms. The minimum absolute atomic E-state index is 0.173. The number of rotatable bonds is 6. The quantitative estimate of drug-likeness (QED) is 0.740. The fraction of sp³-hybridized carbons (Fsp3) is 0.444. The van der Waals surface area contributed by atoms with Crippen LogP contribution >= 0.6 is 0 Å². The number of hydrogen-bond donors (Lipinski definition) is 1. The standard InChI is InChI=1S/C18H21N5O5/c1-3-4-15-20-21-22-23(15)13-9-26-17-14(10-27-16(13)17)28-18(24)19-11-5-7-12(25-2)8-6-11/h3,5-8,13-14,16-17H,1,4,9-10H2,2H3,(H,19,24)/t13-,14-,16-,17+/m0/s1. The second kappa shape index (κ2) is 7.95. The Morgan fingerprint density at radius 1 is 1.32 bits per heavy atom. The van der Waals surface area contributed by atoms with Crippen molar-refractivity contribution < 1.29 is 23.7 Å². The van der Waals surface area contributed by atoms with Crippen LogP contribution in [0.3, 0.4) is 0 Å². The zero-order chi connectivity index (χ0) is 19.5. The molecule has 1 aromatic carbocycles. The molecular formula is C18H21N5O5. The van der Waals surface area contributed by atoms with Crippen LogP contribution in [-0.2, 0) is 20.6 Å². The maximum absolute atomic E-state index is 12.2. The SMILES string of the molecule is C=CCc1nnnn1[C@H]1CO[C@H]2[C@H]1OC[C@@H]2OC(=O)Nc1ccc(OC)cc1.